The number of likely N-dealkylation sites (tertiary alicyclic amines) is 2. The molecule has 8 heteroatoms. The van der Waals surface area contributed by atoms with Crippen LogP contribution >= 0.6 is 0 Å². The molecule has 2 aliphatic rings. The van der Waals surface area contributed by atoms with Gasteiger partial charge in [-0.15, -0.1) is 0 Å². The molecule has 2 heterocycles. The van der Waals surface area contributed by atoms with Crippen LogP contribution in [0.3, 0.4) is 0 Å². The summed E-state index contributed by atoms with van der Waals surface area (Å²) in [5.41, 5.74) is -0.185. The Morgan fingerprint density at radius 1 is 1.09 bits per heavy atom. The smallest absolute Gasteiger partial charge is 0.258 e. The van der Waals surface area contributed by atoms with Gasteiger partial charge in [0.25, 0.3) is 11.8 Å². The van der Waals surface area contributed by atoms with E-state index in [1.54, 1.807) is 44.1 Å². The van der Waals surface area contributed by atoms with Gasteiger partial charge < -0.3 is 20.2 Å². The second-order valence-corrected chi connectivity index (χ2v) is 9.65. The van der Waals surface area contributed by atoms with Gasteiger partial charge in [-0.25, -0.2) is 4.39 Å². The van der Waals surface area contributed by atoms with Gasteiger partial charge in [-0.05, 0) is 43.5 Å². The van der Waals surface area contributed by atoms with Gasteiger partial charge in [0.2, 0.25) is 0 Å². The van der Waals surface area contributed by atoms with Crippen molar-refractivity contribution < 1.29 is 19.1 Å². The van der Waals surface area contributed by atoms with E-state index in [1.165, 1.54) is 17.0 Å². The molecule has 34 heavy (non-hydrogen) atoms. The predicted octanol–water partition coefficient (Wildman–Crippen LogP) is 2.52. The molecule has 0 spiro atoms. The van der Waals surface area contributed by atoms with Crippen molar-refractivity contribution in [1.29, 1.82) is 0 Å². The fourth-order valence-electron chi connectivity index (χ4n) is 4.79. The molecule has 2 aliphatic heterocycles. The first-order chi connectivity index (χ1) is 16.2. The third-order valence-corrected chi connectivity index (χ3v) is 6.91. The maximum Gasteiger partial charge on any atom is 0.258 e. The number of rotatable bonds is 6. The second-order valence-electron chi connectivity index (χ2n) is 9.65. The van der Waals surface area contributed by atoms with Crippen molar-refractivity contribution in [3.05, 3.63) is 65.5 Å². The number of carbonyl (C=O) groups is 2. The summed E-state index contributed by atoms with van der Waals surface area (Å²) >= 11 is 0. The van der Waals surface area contributed by atoms with E-state index >= 15 is 0 Å². The standard InChI is InChI=1S/C26H33FN4O3/c1-26(34,18-7-5-4-6-8-18)25(33)30-13-11-21(12-14-30)31-16-20(17-31)28-19-9-10-22(23(27)15-19)24(32)29(2)3/h4-10,15,20-21,28,34H,11-14,16-17H2,1-3H3. The molecule has 7 nitrogen and oxygen atoms in total. The lowest BCUT2D eigenvalue weighted by Gasteiger charge is -2.48. The molecule has 2 aromatic carbocycles. The Bertz CT molecular complexity index is 1030. The number of halogens is 1. The van der Waals surface area contributed by atoms with Gasteiger partial charge in [0.1, 0.15) is 5.82 Å². The van der Waals surface area contributed by atoms with E-state index in [0.29, 0.717) is 30.4 Å². The van der Waals surface area contributed by atoms with Crippen molar-refractivity contribution in [2.75, 3.05) is 45.6 Å². The summed E-state index contributed by atoms with van der Waals surface area (Å²) in [6.07, 6.45) is 1.72. The van der Waals surface area contributed by atoms with Gasteiger partial charge in [-0.1, -0.05) is 30.3 Å². The number of anilines is 1. The number of nitrogens with zero attached hydrogens (tertiary/aromatic N) is 3. The summed E-state index contributed by atoms with van der Waals surface area (Å²) in [6.45, 7) is 4.50. The van der Waals surface area contributed by atoms with E-state index < -0.39 is 11.4 Å². The van der Waals surface area contributed by atoms with Crippen LogP contribution in [0.15, 0.2) is 48.5 Å². The van der Waals surface area contributed by atoms with Crippen molar-refractivity contribution in [2.24, 2.45) is 0 Å². The summed E-state index contributed by atoms with van der Waals surface area (Å²) in [6, 6.07) is 14.3. The van der Waals surface area contributed by atoms with E-state index in [2.05, 4.69) is 10.2 Å². The summed E-state index contributed by atoms with van der Waals surface area (Å²) < 4.78 is 14.3. The number of amides is 2. The van der Waals surface area contributed by atoms with Gasteiger partial charge in [0, 0.05) is 52.0 Å². The lowest BCUT2D eigenvalue weighted by molar-refractivity contribution is -0.152. The van der Waals surface area contributed by atoms with Gasteiger partial charge >= 0.3 is 0 Å². The molecule has 0 radical (unpaired) electrons. The molecule has 2 aromatic rings. The first kappa shape index (κ1) is 24.2. The van der Waals surface area contributed by atoms with Crippen molar-refractivity contribution in [3.63, 3.8) is 0 Å². The average Bonchev–Trinajstić information content (AvgIpc) is 2.81. The number of benzene rings is 2. The molecular formula is C26H33FN4O3. The minimum atomic E-state index is -1.53. The van der Waals surface area contributed by atoms with Crippen LogP contribution in [-0.2, 0) is 10.4 Å². The van der Waals surface area contributed by atoms with Crippen LogP contribution in [-0.4, -0.2) is 84.0 Å². The van der Waals surface area contributed by atoms with E-state index in [0.717, 1.165) is 25.9 Å². The Morgan fingerprint density at radius 2 is 1.74 bits per heavy atom. The van der Waals surface area contributed by atoms with Crippen LogP contribution in [0.4, 0.5) is 10.1 Å². The van der Waals surface area contributed by atoms with Gasteiger partial charge in [0.15, 0.2) is 5.60 Å². The summed E-state index contributed by atoms with van der Waals surface area (Å²) in [5, 5.41) is 14.2. The van der Waals surface area contributed by atoms with E-state index in [9.17, 15) is 19.1 Å². The molecule has 0 aromatic heterocycles. The molecule has 4 rings (SSSR count). The molecule has 2 N–H and O–H groups in total. The molecule has 0 bridgehead atoms. The lowest BCUT2D eigenvalue weighted by Crippen LogP contribution is -2.61. The number of hydrogen-bond donors (Lipinski definition) is 2. The zero-order valence-corrected chi connectivity index (χ0v) is 20.0. The Hall–Kier alpha value is -2.97. The summed E-state index contributed by atoms with van der Waals surface area (Å²) in [4.78, 5) is 30.5. The highest BCUT2D eigenvalue weighted by Crippen LogP contribution is 2.28. The van der Waals surface area contributed by atoms with Crippen LogP contribution in [0.1, 0.15) is 35.7 Å². The summed E-state index contributed by atoms with van der Waals surface area (Å²) in [7, 11) is 3.20. The fraction of sp³-hybridized carbons (Fsp3) is 0.462. The van der Waals surface area contributed by atoms with Crippen LogP contribution in [0.25, 0.3) is 0 Å². The highest BCUT2D eigenvalue weighted by Gasteiger charge is 2.40. The molecule has 1 atom stereocenters. The molecule has 1 unspecified atom stereocenters. The molecule has 2 amide bonds. The average molecular weight is 469 g/mol. The Kier molecular flexibility index (Phi) is 6.91. The van der Waals surface area contributed by atoms with Crippen molar-refractivity contribution >= 4 is 17.5 Å². The van der Waals surface area contributed by atoms with Crippen molar-refractivity contribution in [1.82, 2.24) is 14.7 Å². The van der Waals surface area contributed by atoms with Gasteiger partial charge in [0.05, 0.1) is 11.6 Å². The third-order valence-electron chi connectivity index (χ3n) is 6.91. The molecule has 182 valence electrons. The lowest BCUT2D eigenvalue weighted by atomic mass is 9.92. The quantitative estimate of drug-likeness (QED) is 0.682. The molecule has 0 aliphatic carbocycles. The van der Waals surface area contributed by atoms with Crippen LogP contribution in [0.2, 0.25) is 0 Å². The van der Waals surface area contributed by atoms with Gasteiger partial charge in [-0.3, -0.25) is 14.5 Å². The Balaban J connectivity index is 1.25. The summed E-state index contributed by atoms with van der Waals surface area (Å²) in [5.74, 6) is -1.13. The molecule has 2 saturated heterocycles. The zero-order chi connectivity index (χ0) is 24.5. The van der Waals surface area contributed by atoms with E-state index in [-0.39, 0.29) is 23.4 Å². The largest absolute Gasteiger partial charge is 0.380 e. The van der Waals surface area contributed by atoms with Gasteiger partial charge in [-0.2, -0.15) is 0 Å². The fourth-order valence-corrected chi connectivity index (χ4v) is 4.79. The number of carbonyl (C=O) groups excluding carboxylic acids is 2. The first-order valence-electron chi connectivity index (χ1n) is 11.8. The van der Waals surface area contributed by atoms with Crippen molar-refractivity contribution in [3.8, 4) is 0 Å². The normalized spacial score (nSPS) is 19.3. The molecule has 2 fully saturated rings. The second kappa shape index (κ2) is 9.72. The highest BCUT2D eigenvalue weighted by molar-refractivity contribution is 5.94. The van der Waals surface area contributed by atoms with E-state index in [1.807, 2.05) is 18.2 Å². The van der Waals surface area contributed by atoms with Crippen molar-refractivity contribution in [2.45, 2.75) is 37.5 Å². The van der Waals surface area contributed by atoms with Crippen LogP contribution in [0.5, 0.6) is 0 Å². The maximum absolute atomic E-state index is 14.3. The minimum Gasteiger partial charge on any atom is -0.380 e. The number of piperidine rings is 1. The highest BCUT2D eigenvalue weighted by atomic mass is 19.1. The number of nitrogens with one attached hydrogen (secondary N) is 1. The molecule has 0 saturated carbocycles. The number of aliphatic hydroxyl groups is 1. The van der Waals surface area contributed by atoms with E-state index in [4.69, 9.17) is 0 Å². The minimum absolute atomic E-state index is 0.0679. The third kappa shape index (κ3) is 4.93. The topological polar surface area (TPSA) is 76.1 Å². The van der Waals surface area contributed by atoms with Crippen LogP contribution in [0, 0.1) is 5.82 Å². The predicted molar refractivity (Wildman–Crippen MR) is 129 cm³/mol. The Morgan fingerprint density at radius 3 is 2.32 bits per heavy atom. The number of hydrogen-bond acceptors (Lipinski definition) is 5. The zero-order valence-electron chi connectivity index (χ0n) is 20.0. The molecular weight excluding hydrogens is 435 g/mol. The first-order valence-corrected chi connectivity index (χ1v) is 11.8. The maximum atomic E-state index is 14.3. The SMILES string of the molecule is CN(C)C(=O)c1ccc(NC2CN(C3CCN(C(=O)C(C)(O)c4ccccc4)CC3)C2)cc1F. The monoisotopic (exact) mass is 468 g/mol. The Labute approximate surface area is 200 Å². The van der Waals surface area contributed by atoms with Crippen LogP contribution < -0.4 is 5.32 Å².